The molecule has 1 heterocycles. The van der Waals surface area contributed by atoms with Crippen molar-refractivity contribution in [3.8, 4) is 0 Å². The Labute approximate surface area is 159 Å². The summed E-state index contributed by atoms with van der Waals surface area (Å²) < 4.78 is 27.2. The summed E-state index contributed by atoms with van der Waals surface area (Å²) in [6.07, 6.45) is 1.15. The Kier molecular flexibility index (Phi) is 5.37. The van der Waals surface area contributed by atoms with Gasteiger partial charge in [-0.05, 0) is 56.5 Å². The van der Waals surface area contributed by atoms with Gasteiger partial charge in [0.1, 0.15) is 6.04 Å². The van der Waals surface area contributed by atoms with Crippen LogP contribution in [0, 0.1) is 13.8 Å². The molecular weight excluding hydrogens is 372 g/mol. The maximum absolute atomic E-state index is 12.9. The van der Waals surface area contributed by atoms with Gasteiger partial charge in [0, 0.05) is 17.3 Å². The second-order valence-electron chi connectivity index (χ2n) is 6.54. The van der Waals surface area contributed by atoms with Crippen LogP contribution in [0.1, 0.15) is 24.0 Å². The number of halogens is 1. The molecule has 0 aliphatic carbocycles. The molecule has 1 saturated heterocycles. The minimum atomic E-state index is -3.71. The molecule has 26 heavy (non-hydrogen) atoms. The van der Waals surface area contributed by atoms with Gasteiger partial charge in [0.15, 0.2) is 0 Å². The van der Waals surface area contributed by atoms with Gasteiger partial charge in [-0.1, -0.05) is 35.4 Å². The van der Waals surface area contributed by atoms with Gasteiger partial charge in [0.2, 0.25) is 15.9 Å². The van der Waals surface area contributed by atoms with Gasteiger partial charge in [0.25, 0.3) is 0 Å². The number of anilines is 1. The lowest BCUT2D eigenvalue weighted by molar-refractivity contribution is -0.119. The fourth-order valence-electron chi connectivity index (χ4n) is 3.03. The molecule has 1 unspecified atom stereocenters. The van der Waals surface area contributed by atoms with E-state index in [1.54, 1.807) is 36.4 Å². The lowest BCUT2D eigenvalue weighted by atomic mass is 10.2. The zero-order chi connectivity index (χ0) is 18.9. The summed E-state index contributed by atoms with van der Waals surface area (Å²) in [6.45, 7) is 4.11. The Bertz CT molecular complexity index is 926. The summed E-state index contributed by atoms with van der Waals surface area (Å²) in [4.78, 5) is 12.9. The van der Waals surface area contributed by atoms with E-state index in [-0.39, 0.29) is 10.8 Å². The summed E-state index contributed by atoms with van der Waals surface area (Å²) in [5.74, 6) is -0.335. The SMILES string of the molecule is Cc1ccc(S(=O)(=O)N2CCCC2C(=O)Nc2ccc(C)c(Cl)c2)cc1. The second-order valence-corrected chi connectivity index (χ2v) is 8.84. The third kappa shape index (κ3) is 3.77. The first kappa shape index (κ1) is 18.9. The zero-order valence-electron chi connectivity index (χ0n) is 14.7. The molecular formula is C19H21ClN2O3S. The standard InChI is InChI=1S/C19H21ClN2O3S/c1-13-5-9-16(10-6-13)26(24,25)22-11-3-4-18(22)19(23)21-15-8-7-14(2)17(20)12-15/h5-10,12,18H,3-4,11H2,1-2H3,(H,21,23). The van der Waals surface area contributed by atoms with Crippen LogP contribution in [0.15, 0.2) is 47.4 Å². The molecule has 5 nitrogen and oxygen atoms in total. The number of sulfonamides is 1. The van der Waals surface area contributed by atoms with Crippen LogP contribution >= 0.6 is 11.6 Å². The lowest BCUT2D eigenvalue weighted by Gasteiger charge is -2.23. The van der Waals surface area contributed by atoms with E-state index in [0.717, 1.165) is 11.1 Å². The van der Waals surface area contributed by atoms with Gasteiger partial charge in [-0.3, -0.25) is 4.79 Å². The fourth-order valence-corrected chi connectivity index (χ4v) is 4.87. The Morgan fingerprint density at radius 2 is 1.85 bits per heavy atom. The summed E-state index contributed by atoms with van der Waals surface area (Å²) in [5.41, 5.74) is 2.45. The van der Waals surface area contributed by atoms with E-state index in [4.69, 9.17) is 11.6 Å². The molecule has 2 aromatic carbocycles. The number of hydrogen-bond donors (Lipinski definition) is 1. The van der Waals surface area contributed by atoms with Crippen molar-refractivity contribution < 1.29 is 13.2 Å². The number of rotatable bonds is 4. The number of nitrogens with zero attached hydrogens (tertiary/aromatic N) is 1. The van der Waals surface area contributed by atoms with Crippen molar-refractivity contribution in [1.29, 1.82) is 0 Å². The molecule has 7 heteroatoms. The predicted octanol–water partition coefficient (Wildman–Crippen LogP) is 3.75. The van der Waals surface area contributed by atoms with Crippen molar-refractivity contribution in [3.05, 3.63) is 58.6 Å². The van der Waals surface area contributed by atoms with E-state index >= 15 is 0 Å². The van der Waals surface area contributed by atoms with Gasteiger partial charge in [0.05, 0.1) is 4.90 Å². The molecule has 1 atom stereocenters. The maximum atomic E-state index is 12.9. The molecule has 1 amide bonds. The molecule has 0 bridgehead atoms. The van der Waals surface area contributed by atoms with Crippen molar-refractivity contribution in [2.45, 2.75) is 37.6 Å². The van der Waals surface area contributed by atoms with E-state index in [0.29, 0.717) is 30.1 Å². The van der Waals surface area contributed by atoms with Crippen molar-refractivity contribution in [3.63, 3.8) is 0 Å². The van der Waals surface area contributed by atoms with Crippen LogP contribution in [0.3, 0.4) is 0 Å². The van der Waals surface area contributed by atoms with Crippen molar-refractivity contribution >= 4 is 33.2 Å². The van der Waals surface area contributed by atoms with E-state index in [9.17, 15) is 13.2 Å². The van der Waals surface area contributed by atoms with Crippen LogP contribution < -0.4 is 5.32 Å². The molecule has 1 aliphatic heterocycles. The second kappa shape index (κ2) is 7.39. The predicted molar refractivity (Wildman–Crippen MR) is 103 cm³/mol. The number of carbonyl (C=O) groups is 1. The van der Waals surface area contributed by atoms with Gasteiger partial charge in [-0.2, -0.15) is 4.31 Å². The number of hydrogen-bond acceptors (Lipinski definition) is 3. The summed E-state index contributed by atoms with van der Waals surface area (Å²) >= 11 is 6.09. The fraction of sp³-hybridized carbons (Fsp3) is 0.316. The van der Waals surface area contributed by atoms with Gasteiger partial charge in [-0.25, -0.2) is 8.42 Å². The third-order valence-electron chi connectivity index (χ3n) is 4.57. The number of carbonyl (C=O) groups excluding carboxylic acids is 1. The van der Waals surface area contributed by atoms with E-state index < -0.39 is 16.1 Å². The first-order valence-corrected chi connectivity index (χ1v) is 10.3. The molecule has 0 saturated carbocycles. The van der Waals surface area contributed by atoms with Crippen LogP contribution in [0.5, 0.6) is 0 Å². The zero-order valence-corrected chi connectivity index (χ0v) is 16.3. The monoisotopic (exact) mass is 392 g/mol. The van der Waals surface area contributed by atoms with Gasteiger partial charge < -0.3 is 5.32 Å². The molecule has 138 valence electrons. The number of benzene rings is 2. The number of nitrogens with one attached hydrogen (secondary N) is 1. The smallest absolute Gasteiger partial charge is 0.243 e. The van der Waals surface area contributed by atoms with Gasteiger partial charge >= 0.3 is 0 Å². The number of aryl methyl sites for hydroxylation is 2. The van der Waals surface area contributed by atoms with E-state index in [2.05, 4.69) is 5.32 Å². The molecule has 0 aromatic heterocycles. The third-order valence-corrected chi connectivity index (χ3v) is 6.90. The van der Waals surface area contributed by atoms with E-state index in [1.165, 1.54) is 4.31 Å². The van der Waals surface area contributed by atoms with Crippen LogP contribution in [0.4, 0.5) is 5.69 Å². The highest BCUT2D eigenvalue weighted by Gasteiger charge is 2.39. The molecule has 2 aromatic rings. The quantitative estimate of drug-likeness (QED) is 0.861. The largest absolute Gasteiger partial charge is 0.325 e. The molecule has 1 fully saturated rings. The Hall–Kier alpha value is -1.89. The Morgan fingerprint density at radius 3 is 2.50 bits per heavy atom. The highest BCUT2D eigenvalue weighted by Crippen LogP contribution is 2.28. The summed E-state index contributed by atoms with van der Waals surface area (Å²) in [6, 6.07) is 11.2. The molecule has 1 aliphatic rings. The van der Waals surface area contributed by atoms with E-state index in [1.807, 2.05) is 19.9 Å². The van der Waals surface area contributed by atoms with Crippen molar-refractivity contribution in [2.24, 2.45) is 0 Å². The van der Waals surface area contributed by atoms with Crippen LogP contribution in [-0.2, 0) is 14.8 Å². The minimum Gasteiger partial charge on any atom is -0.325 e. The first-order chi connectivity index (χ1) is 12.3. The molecule has 0 radical (unpaired) electrons. The highest BCUT2D eigenvalue weighted by molar-refractivity contribution is 7.89. The van der Waals surface area contributed by atoms with Crippen molar-refractivity contribution in [1.82, 2.24) is 4.31 Å². The normalized spacial score (nSPS) is 18.0. The Balaban J connectivity index is 1.81. The first-order valence-electron chi connectivity index (χ1n) is 8.44. The lowest BCUT2D eigenvalue weighted by Crippen LogP contribution is -2.43. The summed E-state index contributed by atoms with van der Waals surface area (Å²) in [7, 11) is -3.71. The average Bonchev–Trinajstić information content (AvgIpc) is 3.09. The maximum Gasteiger partial charge on any atom is 0.243 e. The summed E-state index contributed by atoms with van der Waals surface area (Å²) in [5, 5.41) is 3.34. The van der Waals surface area contributed by atoms with Gasteiger partial charge in [-0.15, -0.1) is 0 Å². The topological polar surface area (TPSA) is 66.5 Å². The van der Waals surface area contributed by atoms with Crippen LogP contribution in [-0.4, -0.2) is 31.2 Å². The molecule has 3 rings (SSSR count). The molecule has 1 N–H and O–H groups in total. The Morgan fingerprint density at radius 1 is 1.15 bits per heavy atom. The van der Waals surface area contributed by atoms with Crippen molar-refractivity contribution in [2.75, 3.05) is 11.9 Å². The van der Waals surface area contributed by atoms with Crippen LogP contribution in [0.2, 0.25) is 5.02 Å². The van der Waals surface area contributed by atoms with Crippen LogP contribution in [0.25, 0.3) is 0 Å². The average molecular weight is 393 g/mol. The highest BCUT2D eigenvalue weighted by atomic mass is 35.5. The minimum absolute atomic E-state index is 0.209. The number of amides is 1. The molecule has 0 spiro atoms.